The monoisotopic (exact) mass is 351 g/mol. The minimum atomic E-state index is -3.15. The predicted octanol–water partition coefficient (Wildman–Crippen LogP) is 3.58. The highest BCUT2D eigenvalue weighted by Gasteiger charge is 2.39. The lowest BCUT2D eigenvalue weighted by Crippen LogP contribution is -2.54. The first-order valence-corrected chi connectivity index (χ1v) is 10.2. The molecule has 5 heteroatoms. The van der Waals surface area contributed by atoms with E-state index in [-0.39, 0.29) is 10.8 Å². The Bertz CT molecular complexity index is 382. The van der Waals surface area contributed by atoms with Gasteiger partial charge in [-0.25, -0.2) is 13.1 Å². The van der Waals surface area contributed by atoms with E-state index in [2.05, 4.69) is 27.6 Å². The summed E-state index contributed by atoms with van der Waals surface area (Å²) in [6, 6.07) is 0. The van der Waals surface area contributed by atoms with Crippen LogP contribution in [0, 0.1) is 5.92 Å². The highest BCUT2D eigenvalue weighted by molar-refractivity contribution is 9.09. The van der Waals surface area contributed by atoms with Crippen molar-refractivity contribution in [3.8, 4) is 0 Å². The minimum absolute atomic E-state index is 0.156. The number of alkyl halides is 1. The van der Waals surface area contributed by atoms with E-state index in [0.717, 1.165) is 62.6 Å². The Labute approximate surface area is 126 Å². The molecule has 3 nitrogen and oxygen atoms in total. The van der Waals surface area contributed by atoms with Gasteiger partial charge in [0.15, 0.2) is 0 Å². The zero-order valence-corrected chi connectivity index (χ0v) is 14.2. The minimum Gasteiger partial charge on any atom is -0.212 e. The van der Waals surface area contributed by atoms with Gasteiger partial charge < -0.3 is 0 Å². The van der Waals surface area contributed by atoms with Gasteiger partial charge in [0.1, 0.15) is 0 Å². The van der Waals surface area contributed by atoms with Crippen molar-refractivity contribution in [3.63, 3.8) is 0 Å². The molecule has 0 amide bonds. The lowest BCUT2D eigenvalue weighted by atomic mass is 9.79. The average molecular weight is 352 g/mol. The van der Waals surface area contributed by atoms with Gasteiger partial charge in [0, 0.05) is 10.9 Å². The Balaban J connectivity index is 2.04. The highest BCUT2D eigenvalue weighted by Crippen LogP contribution is 2.35. The van der Waals surface area contributed by atoms with Crippen LogP contribution in [-0.4, -0.2) is 24.5 Å². The largest absolute Gasteiger partial charge is 0.215 e. The van der Waals surface area contributed by atoms with Gasteiger partial charge in [0.05, 0.1) is 5.25 Å². The summed E-state index contributed by atoms with van der Waals surface area (Å²) in [6.45, 7) is 2.26. The molecule has 1 N–H and O–H groups in total. The molecule has 19 heavy (non-hydrogen) atoms. The summed E-state index contributed by atoms with van der Waals surface area (Å²) in [7, 11) is -3.15. The Hall–Kier alpha value is 0.390. The van der Waals surface area contributed by atoms with Crippen LogP contribution in [0.15, 0.2) is 0 Å². The van der Waals surface area contributed by atoms with Crippen LogP contribution in [0.5, 0.6) is 0 Å². The van der Waals surface area contributed by atoms with E-state index in [1.54, 1.807) is 0 Å². The molecule has 0 aromatic carbocycles. The molecule has 0 unspecified atom stereocenters. The third-order valence-electron chi connectivity index (χ3n) is 4.84. The topological polar surface area (TPSA) is 46.2 Å². The van der Waals surface area contributed by atoms with E-state index < -0.39 is 10.0 Å². The van der Waals surface area contributed by atoms with Gasteiger partial charge in [-0.15, -0.1) is 0 Å². The molecule has 0 atom stereocenters. The summed E-state index contributed by atoms with van der Waals surface area (Å²) < 4.78 is 28.2. The molecule has 0 heterocycles. The van der Waals surface area contributed by atoms with Gasteiger partial charge in [-0.05, 0) is 44.4 Å². The van der Waals surface area contributed by atoms with Crippen LogP contribution in [0.1, 0.15) is 64.7 Å². The number of hydrogen-bond donors (Lipinski definition) is 1. The van der Waals surface area contributed by atoms with Crippen molar-refractivity contribution < 1.29 is 8.42 Å². The first-order valence-electron chi connectivity index (χ1n) is 7.56. The van der Waals surface area contributed by atoms with Crippen molar-refractivity contribution in [2.24, 2.45) is 5.92 Å². The molecular formula is C14H26BrNO2S. The summed E-state index contributed by atoms with van der Waals surface area (Å²) >= 11 is 3.54. The van der Waals surface area contributed by atoms with Crippen LogP contribution in [0.2, 0.25) is 0 Å². The second kappa shape index (κ2) is 6.44. The Morgan fingerprint density at radius 2 is 1.68 bits per heavy atom. The van der Waals surface area contributed by atoms with E-state index in [9.17, 15) is 8.42 Å². The van der Waals surface area contributed by atoms with Crippen molar-refractivity contribution in [2.45, 2.75) is 75.5 Å². The first-order chi connectivity index (χ1) is 8.97. The van der Waals surface area contributed by atoms with Crippen LogP contribution in [0.25, 0.3) is 0 Å². The normalized spacial score (nSPS) is 34.3. The molecule has 2 saturated carbocycles. The van der Waals surface area contributed by atoms with E-state index in [1.807, 2.05) is 0 Å². The van der Waals surface area contributed by atoms with Gasteiger partial charge >= 0.3 is 0 Å². The quantitative estimate of drug-likeness (QED) is 0.786. The number of halogens is 1. The van der Waals surface area contributed by atoms with Crippen LogP contribution in [0.4, 0.5) is 0 Å². The molecular weight excluding hydrogens is 326 g/mol. The zero-order chi connectivity index (χ0) is 13.9. The molecule has 0 aromatic heterocycles. The Morgan fingerprint density at radius 3 is 2.21 bits per heavy atom. The van der Waals surface area contributed by atoms with Crippen molar-refractivity contribution in [1.29, 1.82) is 0 Å². The van der Waals surface area contributed by atoms with Crippen LogP contribution in [0.3, 0.4) is 0 Å². The fourth-order valence-corrected chi connectivity index (χ4v) is 6.23. The summed E-state index contributed by atoms with van der Waals surface area (Å²) in [5, 5.41) is 0.579. The van der Waals surface area contributed by atoms with Crippen molar-refractivity contribution >= 4 is 26.0 Å². The molecule has 0 spiro atoms. The summed E-state index contributed by atoms with van der Waals surface area (Å²) in [5.74, 6) is 0.728. The maximum Gasteiger partial charge on any atom is 0.215 e. The van der Waals surface area contributed by atoms with Crippen molar-refractivity contribution in [1.82, 2.24) is 4.72 Å². The van der Waals surface area contributed by atoms with Gasteiger partial charge in [-0.1, -0.05) is 42.1 Å². The molecule has 0 aliphatic heterocycles. The first kappa shape index (κ1) is 15.8. The SMILES string of the molecule is CC1CCC(CBr)(NS(=O)(=O)C2CCCCC2)CC1. The van der Waals surface area contributed by atoms with Gasteiger partial charge in [0.2, 0.25) is 10.0 Å². The molecule has 2 rings (SSSR count). The zero-order valence-electron chi connectivity index (χ0n) is 11.8. The Kier molecular flexibility index (Phi) is 5.34. The third-order valence-corrected chi connectivity index (χ3v) is 7.98. The third kappa shape index (κ3) is 3.94. The smallest absolute Gasteiger partial charge is 0.212 e. The van der Waals surface area contributed by atoms with Crippen LogP contribution < -0.4 is 4.72 Å². The van der Waals surface area contributed by atoms with Gasteiger partial charge in [-0.3, -0.25) is 0 Å². The fourth-order valence-electron chi connectivity index (χ4n) is 3.34. The molecule has 0 radical (unpaired) electrons. The number of sulfonamides is 1. The molecule has 112 valence electrons. The maximum atomic E-state index is 12.6. The van der Waals surface area contributed by atoms with Crippen molar-refractivity contribution in [3.05, 3.63) is 0 Å². The number of nitrogens with one attached hydrogen (secondary N) is 1. The van der Waals surface area contributed by atoms with Crippen LogP contribution in [-0.2, 0) is 10.0 Å². The molecule has 2 aliphatic carbocycles. The van der Waals surface area contributed by atoms with Crippen molar-refractivity contribution in [2.75, 3.05) is 5.33 Å². The average Bonchev–Trinajstić information content (AvgIpc) is 2.42. The molecule has 2 fully saturated rings. The van der Waals surface area contributed by atoms with E-state index in [4.69, 9.17) is 0 Å². The number of rotatable bonds is 4. The summed E-state index contributed by atoms with van der Waals surface area (Å²) in [4.78, 5) is 0. The van der Waals surface area contributed by atoms with Gasteiger partial charge in [-0.2, -0.15) is 0 Å². The molecule has 0 bridgehead atoms. The number of hydrogen-bond acceptors (Lipinski definition) is 2. The molecule has 2 aliphatic rings. The van der Waals surface area contributed by atoms with E-state index in [0.29, 0.717) is 0 Å². The van der Waals surface area contributed by atoms with E-state index in [1.165, 1.54) is 6.42 Å². The summed E-state index contributed by atoms with van der Waals surface area (Å²) in [5.41, 5.74) is -0.233. The second-order valence-corrected chi connectivity index (χ2v) is 9.03. The standard InChI is InChI=1S/C14H26BrNO2S/c1-12-7-9-14(11-15,10-8-12)16-19(17,18)13-5-3-2-4-6-13/h12-13,16H,2-11H2,1H3. The van der Waals surface area contributed by atoms with E-state index >= 15 is 0 Å². The maximum absolute atomic E-state index is 12.6. The predicted molar refractivity (Wildman–Crippen MR) is 83.1 cm³/mol. The lowest BCUT2D eigenvalue weighted by molar-refractivity contribution is 0.248. The lowest BCUT2D eigenvalue weighted by Gasteiger charge is -2.39. The van der Waals surface area contributed by atoms with Gasteiger partial charge in [0.25, 0.3) is 0 Å². The fraction of sp³-hybridized carbons (Fsp3) is 1.00. The van der Waals surface area contributed by atoms with Crippen LogP contribution >= 0.6 is 15.9 Å². The highest BCUT2D eigenvalue weighted by atomic mass is 79.9. The Morgan fingerprint density at radius 1 is 1.11 bits per heavy atom. The second-order valence-electron chi connectivity index (χ2n) is 6.50. The molecule has 0 aromatic rings. The summed E-state index contributed by atoms with van der Waals surface area (Å²) in [6.07, 6.45) is 9.16. The molecule has 0 saturated heterocycles.